The number of rotatable bonds is 5. The molecule has 2 aliphatic rings. The van der Waals surface area contributed by atoms with E-state index in [1.165, 1.54) is 19.1 Å². The molecular weight excluding hydrogens is 306 g/mol. The van der Waals surface area contributed by atoms with Crippen molar-refractivity contribution in [2.24, 2.45) is 0 Å². The van der Waals surface area contributed by atoms with Crippen LogP contribution in [0.15, 0.2) is 18.5 Å². The third-order valence-electron chi connectivity index (χ3n) is 3.92. The molecule has 1 aliphatic heterocycles. The number of anilines is 1. The molecular formula is C14H21N3O2S2. The fraction of sp³-hybridized carbons (Fsp3) is 0.643. The Balaban J connectivity index is 1.86. The van der Waals surface area contributed by atoms with Gasteiger partial charge in [-0.3, -0.25) is 4.98 Å². The topological polar surface area (TPSA) is 62.3 Å². The molecule has 1 N–H and O–H groups in total. The quantitative estimate of drug-likeness (QED) is 0.878. The molecule has 1 aromatic rings. The molecule has 1 saturated carbocycles. The SMILES string of the molecule is CS(=O)(=O)C1CSCCN1c1ccncc1CNC1CC1. The maximum atomic E-state index is 12.1. The molecule has 0 bridgehead atoms. The van der Waals surface area contributed by atoms with Crippen LogP contribution in [-0.4, -0.2) is 49.1 Å². The van der Waals surface area contributed by atoms with Crippen LogP contribution in [0.4, 0.5) is 5.69 Å². The highest BCUT2D eigenvalue weighted by atomic mass is 32.2. The number of thioether (sulfide) groups is 1. The number of sulfone groups is 1. The summed E-state index contributed by atoms with van der Waals surface area (Å²) in [6.07, 6.45) is 7.41. The van der Waals surface area contributed by atoms with Crippen molar-refractivity contribution in [3.63, 3.8) is 0 Å². The summed E-state index contributed by atoms with van der Waals surface area (Å²) in [5.74, 6) is 1.60. The Hall–Kier alpha value is -0.790. The minimum absolute atomic E-state index is 0.432. The second kappa shape index (κ2) is 6.14. The zero-order valence-corrected chi connectivity index (χ0v) is 13.8. The van der Waals surface area contributed by atoms with E-state index in [0.29, 0.717) is 11.8 Å². The smallest absolute Gasteiger partial charge is 0.169 e. The van der Waals surface area contributed by atoms with Gasteiger partial charge in [0.1, 0.15) is 5.37 Å². The first-order valence-corrected chi connectivity index (χ1v) is 10.4. The van der Waals surface area contributed by atoms with E-state index in [-0.39, 0.29) is 0 Å². The van der Waals surface area contributed by atoms with Crippen molar-refractivity contribution in [2.75, 3.05) is 29.2 Å². The molecule has 21 heavy (non-hydrogen) atoms. The second-order valence-corrected chi connectivity index (χ2v) is 9.07. The van der Waals surface area contributed by atoms with Crippen molar-refractivity contribution in [3.05, 3.63) is 24.0 Å². The molecule has 3 rings (SSSR count). The van der Waals surface area contributed by atoms with Crippen LogP contribution in [0.3, 0.4) is 0 Å². The van der Waals surface area contributed by atoms with Gasteiger partial charge in [0.05, 0.1) is 0 Å². The van der Waals surface area contributed by atoms with Crippen molar-refractivity contribution in [3.8, 4) is 0 Å². The average molecular weight is 327 g/mol. The Labute approximate surface area is 130 Å². The molecule has 1 saturated heterocycles. The number of pyridine rings is 1. The fourth-order valence-electron chi connectivity index (χ4n) is 2.59. The van der Waals surface area contributed by atoms with Gasteiger partial charge in [0.25, 0.3) is 0 Å². The number of hydrogen-bond donors (Lipinski definition) is 1. The standard InChI is InChI=1S/C14H21N3O2S2/c1-21(18,19)14-10-20-7-6-17(14)13-4-5-15-8-11(13)9-16-12-2-3-12/h4-5,8,12,14,16H,2-3,6-7,9-10H2,1H3. The zero-order valence-electron chi connectivity index (χ0n) is 12.2. The normalized spacial score (nSPS) is 23.3. The van der Waals surface area contributed by atoms with Gasteiger partial charge in [0.15, 0.2) is 9.84 Å². The molecule has 7 heteroatoms. The molecule has 0 amide bonds. The van der Waals surface area contributed by atoms with Crippen molar-refractivity contribution in [2.45, 2.75) is 30.8 Å². The van der Waals surface area contributed by atoms with Gasteiger partial charge >= 0.3 is 0 Å². The van der Waals surface area contributed by atoms with E-state index in [4.69, 9.17) is 0 Å². The van der Waals surface area contributed by atoms with E-state index in [2.05, 4.69) is 10.3 Å². The monoisotopic (exact) mass is 327 g/mol. The van der Waals surface area contributed by atoms with Crippen LogP contribution in [0.5, 0.6) is 0 Å². The second-order valence-electron chi connectivity index (χ2n) is 5.71. The zero-order chi connectivity index (χ0) is 14.9. The minimum Gasteiger partial charge on any atom is -0.353 e. The fourth-order valence-corrected chi connectivity index (χ4v) is 5.42. The molecule has 0 spiro atoms. The van der Waals surface area contributed by atoms with Gasteiger partial charge in [-0.2, -0.15) is 11.8 Å². The van der Waals surface area contributed by atoms with Gasteiger partial charge in [0, 0.05) is 60.5 Å². The summed E-state index contributed by atoms with van der Waals surface area (Å²) in [7, 11) is -3.09. The van der Waals surface area contributed by atoms with Crippen LogP contribution in [0.2, 0.25) is 0 Å². The molecule has 1 aromatic heterocycles. The van der Waals surface area contributed by atoms with Gasteiger partial charge in [-0.25, -0.2) is 8.42 Å². The van der Waals surface area contributed by atoms with Gasteiger partial charge in [0.2, 0.25) is 0 Å². The van der Waals surface area contributed by atoms with Crippen molar-refractivity contribution in [1.29, 1.82) is 0 Å². The predicted molar refractivity (Wildman–Crippen MR) is 87.4 cm³/mol. The first-order chi connectivity index (χ1) is 10.1. The summed E-state index contributed by atoms with van der Waals surface area (Å²) < 4.78 is 24.1. The Morgan fingerprint density at radius 1 is 1.48 bits per heavy atom. The molecule has 1 atom stereocenters. The summed E-state index contributed by atoms with van der Waals surface area (Å²) in [5, 5.41) is 3.05. The summed E-state index contributed by atoms with van der Waals surface area (Å²) in [6.45, 7) is 1.52. The molecule has 5 nitrogen and oxygen atoms in total. The van der Waals surface area contributed by atoms with Crippen LogP contribution < -0.4 is 10.2 Å². The maximum Gasteiger partial charge on any atom is 0.169 e. The number of hydrogen-bond acceptors (Lipinski definition) is 6. The van der Waals surface area contributed by atoms with E-state index >= 15 is 0 Å². The summed E-state index contributed by atoms with van der Waals surface area (Å²) in [4.78, 5) is 6.24. The van der Waals surface area contributed by atoms with Crippen LogP contribution >= 0.6 is 11.8 Å². The lowest BCUT2D eigenvalue weighted by Crippen LogP contribution is -2.47. The van der Waals surface area contributed by atoms with Gasteiger partial charge in [-0.05, 0) is 18.9 Å². The largest absolute Gasteiger partial charge is 0.353 e. The van der Waals surface area contributed by atoms with Crippen molar-refractivity contribution in [1.82, 2.24) is 10.3 Å². The lowest BCUT2D eigenvalue weighted by molar-refractivity contribution is 0.583. The Morgan fingerprint density at radius 2 is 2.29 bits per heavy atom. The highest BCUT2D eigenvalue weighted by Gasteiger charge is 2.32. The minimum atomic E-state index is -3.09. The van der Waals surface area contributed by atoms with E-state index in [0.717, 1.165) is 30.1 Å². The Morgan fingerprint density at radius 3 is 3.00 bits per heavy atom. The lowest BCUT2D eigenvalue weighted by atomic mass is 10.2. The molecule has 1 aliphatic carbocycles. The predicted octanol–water partition coefficient (Wildman–Crippen LogP) is 1.26. The van der Waals surface area contributed by atoms with Crippen molar-refractivity contribution < 1.29 is 8.42 Å². The number of nitrogens with one attached hydrogen (secondary N) is 1. The first-order valence-electron chi connectivity index (χ1n) is 7.25. The van der Waals surface area contributed by atoms with Gasteiger partial charge < -0.3 is 10.2 Å². The molecule has 116 valence electrons. The van der Waals surface area contributed by atoms with E-state index < -0.39 is 15.2 Å². The number of nitrogens with zero attached hydrogens (tertiary/aromatic N) is 2. The third-order valence-corrected chi connectivity index (χ3v) is 6.57. The Kier molecular flexibility index (Phi) is 4.42. The molecule has 2 heterocycles. The van der Waals surface area contributed by atoms with Crippen LogP contribution in [0, 0.1) is 0 Å². The number of aromatic nitrogens is 1. The van der Waals surface area contributed by atoms with Gasteiger partial charge in [-0.15, -0.1) is 0 Å². The van der Waals surface area contributed by atoms with E-state index in [1.807, 2.05) is 17.2 Å². The third kappa shape index (κ3) is 3.70. The van der Waals surface area contributed by atoms with Crippen LogP contribution in [-0.2, 0) is 16.4 Å². The molecule has 1 unspecified atom stereocenters. The highest BCUT2D eigenvalue weighted by molar-refractivity contribution is 8.01. The average Bonchev–Trinajstić information content (AvgIpc) is 3.29. The molecule has 2 fully saturated rings. The lowest BCUT2D eigenvalue weighted by Gasteiger charge is -2.37. The molecule has 0 aromatic carbocycles. The first kappa shape index (κ1) is 15.1. The van der Waals surface area contributed by atoms with Gasteiger partial charge in [-0.1, -0.05) is 0 Å². The van der Waals surface area contributed by atoms with Crippen molar-refractivity contribution >= 4 is 27.3 Å². The van der Waals surface area contributed by atoms with E-state index in [9.17, 15) is 8.42 Å². The molecule has 0 radical (unpaired) electrons. The van der Waals surface area contributed by atoms with E-state index in [1.54, 1.807) is 18.0 Å². The summed E-state index contributed by atoms with van der Waals surface area (Å²) in [5.41, 5.74) is 2.10. The highest BCUT2D eigenvalue weighted by Crippen LogP contribution is 2.29. The summed E-state index contributed by atoms with van der Waals surface area (Å²) >= 11 is 1.71. The van der Waals surface area contributed by atoms with Crippen LogP contribution in [0.1, 0.15) is 18.4 Å². The summed E-state index contributed by atoms with van der Waals surface area (Å²) in [6, 6.07) is 2.57. The Bertz CT molecular complexity index is 602. The van der Waals surface area contributed by atoms with Crippen LogP contribution in [0.25, 0.3) is 0 Å². The maximum absolute atomic E-state index is 12.1.